The van der Waals surface area contributed by atoms with Gasteiger partial charge in [0.1, 0.15) is 11.3 Å². The molecule has 2 atom stereocenters. The average Bonchev–Trinajstić information content (AvgIpc) is 2.91. The molecule has 1 unspecified atom stereocenters. The zero-order chi connectivity index (χ0) is 31.6. The highest BCUT2D eigenvalue weighted by Crippen LogP contribution is 2.40. The van der Waals surface area contributed by atoms with Gasteiger partial charge in [-0.2, -0.15) is 8.42 Å². The van der Waals surface area contributed by atoms with Crippen LogP contribution in [0.5, 0.6) is 5.75 Å². The van der Waals surface area contributed by atoms with E-state index >= 15 is 0 Å². The molecule has 2 rings (SSSR count). The van der Waals surface area contributed by atoms with E-state index < -0.39 is 57.7 Å². The minimum absolute atomic E-state index is 0.00735. The fraction of sp³-hybridized carbons (Fsp3) is 0.429. The molecule has 0 spiro atoms. The zero-order valence-electron chi connectivity index (χ0n) is 23.7. The van der Waals surface area contributed by atoms with E-state index in [0.717, 1.165) is 13.8 Å². The summed E-state index contributed by atoms with van der Waals surface area (Å²) in [5.41, 5.74) is -4.60. The van der Waals surface area contributed by atoms with Crippen LogP contribution in [0.1, 0.15) is 50.0 Å². The Balaban J connectivity index is 2.44. The number of hydrogen-bond donors (Lipinski definition) is 3. The smallest absolute Gasteiger partial charge is 0.479 e. The van der Waals surface area contributed by atoms with Gasteiger partial charge in [0.05, 0.1) is 17.8 Å². The molecule has 0 heterocycles. The monoisotopic (exact) mass is 609 g/mol. The number of amides is 1. The molecule has 13 nitrogen and oxygen atoms in total. The van der Waals surface area contributed by atoms with Crippen molar-refractivity contribution in [2.75, 3.05) is 18.9 Å². The molecular weight excluding hydrogens is 574 g/mol. The first-order valence-corrected chi connectivity index (χ1v) is 14.5. The third kappa shape index (κ3) is 9.26. The lowest BCUT2D eigenvalue weighted by atomic mass is 9.71. The maximum absolute atomic E-state index is 12.9. The minimum atomic E-state index is -4.53. The summed E-state index contributed by atoms with van der Waals surface area (Å²) in [5, 5.41) is 24.0. The Hall–Kier alpha value is -4.01. The fourth-order valence-electron chi connectivity index (χ4n) is 3.78. The second kappa shape index (κ2) is 14.8. The molecule has 14 heteroatoms. The predicted molar refractivity (Wildman–Crippen MR) is 148 cm³/mol. The average molecular weight is 610 g/mol. The van der Waals surface area contributed by atoms with Gasteiger partial charge in [-0.1, -0.05) is 56.3 Å². The Morgan fingerprint density at radius 3 is 2.21 bits per heavy atom. The number of rotatable bonds is 15. The summed E-state index contributed by atoms with van der Waals surface area (Å²) in [6.07, 6.45) is -4.37. The van der Waals surface area contributed by atoms with Gasteiger partial charge >= 0.3 is 18.1 Å². The topological polar surface area (TPSA) is 192 Å². The van der Waals surface area contributed by atoms with Gasteiger partial charge in [0, 0.05) is 19.9 Å². The van der Waals surface area contributed by atoms with Gasteiger partial charge in [-0.25, -0.2) is 18.6 Å². The first kappa shape index (κ1) is 34.2. The van der Waals surface area contributed by atoms with Crippen molar-refractivity contribution in [1.29, 1.82) is 0 Å². The van der Waals surface area contributed by atoms with E-state index in [1.54, 1.807) is 37.3 Å². The van der Waals surface area contributed by atoms with Crippen molar-refractivity contribution < 1.29 is 56.2 Å². The quantitative estimate of drug-likeness (QED) is 0.0880. The first-order valence-electron chi connectivity index (χ1n) is 12.9. The Bertz CT molecular complexity index is 1360. The molecule has 0 fully saturated rings. The molecule has 0 bridgehead atoms. The molecule has 1 amide bonds. The van der Waals surface area contributed by atoms with Gasteiger partial charge in [0.15, 0.2) is 5.60 Å². The van der Waals surface area contributed by atoms with Crippen LogP contribution in [-0.4, -0.2) is 73.4 Å². The molecule has 0 saturated carbocycles. The van der Waals surface area contributed by atoms with Crippen molar-refractivity contribution >= 4 is 34.1 Å². The standard InChI is InChI=1S/C28H35NO12S/c1-5-38-23(31)21-14-9-10-15-22(21)39-26(34)40-25(41-42(36,37)17-11-16-29-19(2)30)27(3,4)28(35,24(32)33)18-20-12-7-6-8-13-20/h6-10,12-15,25,35H,5,11,16-18H2,1-4H3,(H,29,30)(H,32,33)/t25?,28-/m0/s1. The predicted octanol–water partition coefficient (Wildman–Crippen LogP) is 2.66. The lowest BCUT2D eigenvalue weighted by molar-refractivity contribution is -0.210. The third-order valence-corrected chi connectivity index (χ3v) is 7.53. The lowest BCUT2D eigenvalue weighted by Gasteiger charge is -2.42. The van der Waals surface area contributed by atoms with Crippen LogP contribution in [0.25, 0.3) is 0 Å². The Kier molecular flexibility index (Phi) is 12.0. The van der Waals surface area contributed by atoms with E-state index in [4.69, 9.17) is 18.4 Å². The van der Waals surface area contributed by atoms with Gasteiger partial charge in [0.25, 0.3) is 10.1 Å². The molecule has 0 saturated heterocycles. The molecule has 42 heavy (non-hydrogen) atoms. The molecule has 2 aromatic carbocycles. The zero-order valence-corrected chi connectivity index (χ0v) is 24.5. The number of aliphatic carboxylic acids is 1. The van der Waals surface area contributed by atoms with E-state index in [0.29, 0.717) is 5.56 Å². The second-order valence-electron chi connectivity index (χ2n) is 9.76. The summed E-state index contributed by atoms with van der Waals surface area (Å²) >= 11 is 0. The number of carboxylic acids is 1. The molecular formula is C28H35NO12S. The number of carboxylic acid groups (broad SMARTS) is 1. The molecule has 0 aromatic heterocycles. The van der Waals surface area contributed by atoms with Crippen LogP contribution in [-0.2, 0) is 39.8 Å². The van der Waals surface area contributed by atoms with E-state index in [1.165, 1.54) is 31.2 Å². The molecule has 0 radical (unpaired) electrons. The van der Waals surface area contributed by atoms with Crippen molar-refractivity contribution in [2.24, 2.45) is 5.41 Å². The summed E-state index contributed by atoms with van der Waals surface area (Å²) < 4.78 is 46.3. The Morgan fingerprint density at radius 1 is 1.00 bits per heavy atom. The maximum Gasteiger partial charge on any atom is 0.516 e. The highest BCUT2D eigenvalue weighted by atomic mass is 32.2. The van der Waals surface area contributed by atoms with Crippen LogP contribution < -0.4 is 10.1 Å². The third-order valence-electron chi connectivity index (χ3n) is 6.27. The number of nitrogens with one attached hydrogen (secondary N) is 1. The summed E-state index contributed by atoms with van der Waals surface area (Å²) in [5.74, 6) is -3.85. The highest BCUT2D eigenvalue weighted by molar-refractivity contribution is 7.86. The second-order valence-corrected chi connectivity index (χ2v) is 11.5. The summed E-state index contributed by atoms with van der Waals surface area (Å²) in [6, 6.07) is 13.5. The van der Waals surface area contributed by atoms with E-state index in [2.05, 4.69) is 5.32 Å². The van der Waals surface area contributed by atoms with Gasteiger partial charge in [-0.15, -0.1) is 0 Å². The molecule has 2 aromatic rings. The number of hydrogen-bond acceptors (Lipinski definition) is 11. The number of esters is 1. The highest BCUT2D eigenvalue weighted by Gasteiger charge is 2.57. The number of para-hydroxylation sites is 1. The largest absolute Gasteiger partial charge is 0.516 e. The molecule has 3 N–H and O–H groups in total. The number of ether oxygens (including phenoxy) is 3. The van der Waals surface area contributed by atoms with Gasteiger partial charge in [-0.05, 0) is 31.0 Å². The summed E-state index contributed by atoms with van der Waals surface area (Å²) in [4.78, 5) is 48.8. The van der Waals surface area contributed by atoms with Crippen molar-refractivity contribution in [2.45, 2.75) is 52.4 Å². The number of aliphatic hydroxyl groups is 1. The number of benzene rings is 2. The number of carbonyl (C=O) groups excluding carboxylic acids is 3. The maximum atomic E-state index is 12.9. The number of carbonyl (C=O) groups is 4. The molecule has 0 aliphatic carbocycles. The van der Waals surface area contributed by atoms with Crippen LogP contribution in [0.4, 0.5) is 4.79 Å². The van der Waals surface area contributed by atoms with Crippen molar-refractivity contribution in [3.05, 3.63) is 65.7 Å². The fourth-order valence-corrected chi connectivity index (χ4v) is 4.92. The van der Waals surface area contributed by atoms with Crippen LogP contribution >= 0.6 is 0 Å². The van der Waals surface area contributed by atoms with E-state index in [9.17, 15) is 37.8 Å². The van der Waals surface area contributed by atoms with Gasteiger partial charge in [-0.3, -0.25) is 4.79 Å². The summed E-state index contributed by atoms with van der Waals surface area (Å²) in [7, 11) is -4.53. The SMILES string of the molecule is CCOC(=O)c1ccccc1OC(=O)OC(OS(=O)(=O)CCCNC(C)=O)C(C)(C)[C@](O)(Cc1ccccc1)C(=O)O. The Labute approximate surface area is 243 Å². The van der Waals surface area contributed by atoms with Gasteiger partial charge in [0.2, 0.25) is 12.2 Å². The Morgan fingerprint density at radius 2 is 1.62 bits per heavy atom. The van der Waals surface area contributed by atoms with Crippen LogP contribution in [0.15, 0.2) is 54.6 Å². The normalized spacial score (nSPS) is 13.7. The first-order chi connectivity index (χ1) is 19.6. The van der Waals surface area contributed by atoms with Crippen molar-refractivity contribution in [3.8, 4) is 5.75 Å². The van der Waals surface area contributed by atoms with Gasteiger partial charge < -0.3 is 29.7 Å². The molecule has 230 valence electrons. The van der Waals surface area contributed by atoms with Crippen molar-refractivity contribution in [1.82, 2.24) is 5.32 Å². The van der Waals surface area contributed by atoms with Crippen LogP contribution in [0.2, 0.25) is 0 Å². The molecule has 0 aliphatic heterocycles. The summed E-state index contributed by atoms with van der Waals surface area (Å²) in [6.45, 7) is 5.17. The van der Waals surface area contributed by atoms with Crippen LogP contribution in [0.3, 0.4) is 0 Å². The van der Waals surface area contributed by atoms with Crippen LogP contribution in [0, 0.1) is 5.41 Å². The van der Waals surface area contributed by atoms with E-state index in [-0.39, 0.29) is 36.8 Å². The lowest BCUT2D eigenvalue weighted by Crippen LogP contribution is -2.60. The van der Waals surface area contributed by atoms with E-state index in [1.807, 2.05) is 0 Å². The van der Waals surface area contributed by atoms with Crippen molar-refractivity contribution in [3.63, 3.8) is 0 Å². The molecule has 0 aliphatic rings. The minimum Gasteiger partial charge on any atom is -0.479 e.